The van der Waals surface area contributed by atoms with Gasteiger partial charge >= 0.3 is 0 Å². The quantitative estimate of drug-likeness (QED) is 0.835. The standard InChI is InChI=1S/C13H17NO2S/c1-3-13(16)8-14(9-13)12(15)7-6-11-5-4-10(2)17-11/h4-7,16H,3,8-9H2,1-2H3. The molecule has 0 aromatic carbocycles. The molecule has 1 saturated heterocycles. The van der Waals surface area contributed by atoms with Crippen molar-refractivity contribution in [3.8, 4) is 0 Å². The van der Waals surface area contributed by atoms with Crippen LogP contribution in [0.2, 0.25) is 0 Å². The van der Waals surface area contributed by atoms with Gasteiger partial charge < -0.3 is 10.0 Å². The first-order valence-corrected chi connectivity index (χ1v) is 6.60. The van der Waals surface area contributed by atoms with Crippen molar-refractivity contribution in [1.82, 2.24) is 4.90 Å². The molecule has 0 radical (unpaired) electrons. The highest BCUT2D eigenvalue weighted by Gasteiger charge is 2.41. The molecule has 0 spiro atoms. The summed E-state index contributed by atoms with van der Waals surface area (Å²) < 4.78 is 0. The Bertz CT molecular complexity index is 444. The van der Waals surface area contributed by atoms with Crippen LogP contribution in [0.1, 0.15) is 23.1 Å². The van der Waals surface area contributed by atoms with Crippen molar-refractivity contribution in [2.24, 2.45) is 0 Å². The van der Waals surface area contributed by atoms with Crippen LogP contribution in [0.4, 0.5) is 0 Å². The first-order chi connectivity index (χ1) is 8.02. The van der Waals surface area contributed by atoms with Gasteiger partial charge in [0.15, 0.2) is 0 Å². The highest BCUT2D eigenvalue weighted by Crippen LogP contribution is 2.24. The molecular formula is C13H17NO2S. The Morgan fingerprint density at radius 3 is 2.82 bits per heavy atom. The van der Waals surface area contributed by atoms with E-state index in [1.54, 1.807) is 22.3 Å². The van der Waals surface area contributed by atoms with Crippen molar-refractivity contribution in [3.05, 3.63) is 28.0 Å². The Labute approximate surface area is 105 Å². The second-order valence-electron chi connectivity index (χ2n) is 4.55. The fourth-order valence-corrected chi connectivity index (χ4v) is 2.63. The molecule has 17 heavy (non-hydrogen) atoms. The molecule has 0 atom stereocenters. The van der Waals surface area contributed by atoms with Crippen LogP contribution < -0.4 is 0 Å². The van der Waals surface area contributed by atoms with Crippen LogP contribution in [0, 0.1) is 6.92 Å². The molecule has 0 bridgehead atoms. The van der Waals surface area contributed by atoms with Crippen molar-refractivity contribution in [1.29, 1.82) is 0 Å². The Morgan fingerprint density at radius 2 is 2.29 bits per heavy atom. The van der Waals surface area contributed by atoms with Crippen LogP contribution in [0.15, 0.2) is 18.2 Å². The molecule has 2 heterocycles. The predicted octanol–water partition coefficient (Wildman–Crippen LogP) is 2.05. The van der Waals surface area contributed by atoms with Gasteiger partial charge in [-0.15, -0.1) is 11.3 Å². The second kappa shape index (κ2) is 4.63. The number of aryl methyl sites for hydroxylation is 1. The maximum atomic E-state index is 11.7. The van der Waals surface area contributed by atoms with Crippen LogP contribution in [0.5, 0.6) is 0 Å². The summed E-state index contributed by atoms with van der Waals surface area (Å²) in [5.41, 5.74) is -0.650. The van der Waals surface area contributed by atoms with Crippen molar-refractivity contribution < 1.29 is 9.90 Å². The molecule has 1 fully saturated rings. The second-order valence-corrected chi connectivity index (χ2v) is 5.87. The molecule has 1 aromatic rings. The number of hydrogen-bond acceptors (Lipinski definition) is 3. The highest BCUT2D eigenvalue weighted by molar-refractivity contribution is 7.12. The normalized spacial score (nSPS) is 18.4. The zero-order valence-corrected chi connectivity index (χ0v) is 11.0. The summed E-state index contributed by atoms with van der Waals surface area (Å²) in [5.74, 6) is -0.0193. The molecule has 0 unspecified atom stereocenters. The molecule has 1 aliphatic heterocycles. The van der Waals surface area contributed by atoms with E-state index in [-0.39, 0.29) is 5.91 Å². The molecule has 3 nitrogen and oxygen atoms in total. The molecule has 0 aliphatic carbocycles. The minimum atomic E-state index is -0.650. The fraction of sp³-hybridized carbons (Fsp3) is 0.462. The molecular weight excluding hydrogens is 234 g/mol. The molecule has 2 rings (SSSR count). The third-order valence-corrected chi connectivity index (χ3v) is 4.06. The Morgan fingerprint density at radius 1 is 1.59 bits per heavy atom. The lowest BCUT2D eigenvalue weighted by molar-refractivity contribution is -0.150. The van der Waals surface area contributed by atoms with Gasteiger partial charge in [0.05, 0.1) is 18.7 Å². The number of aliphatic hydroxyl groups is 1. The van der Waals surface area contributed by atoms with E-state index in [0.717, 1.165) is 4.88 Å². The first-order valence-electron chi connectivity index (χ1n) is 5.78. The molecule has 1 amide bonds. The lowest BCUT2D eigenvalue weighted by Gasteiger charge is -2.45. The molecule has 4 heteroatoms. The van der Waals surface area contributed by atoms with Gasteiger partial charge in [-0.3, -0.25) is 4.79 Å². The molecule has 92 valence electrons. The topological polar surface area (TPSA) is 40.5 Å². The number of β-amino-alcohol motifs (C(OH)–C–C–N with tert-alkyl or cyclic N) is 1. The average Bonchev–Trinajstić information content (AvgIpc) is 2.67. The van der Waals surface area contributed by atoms with E-state index in [9.17, 15) is 9.90 Å². The van der Waals surface area contributed by atoms with Crippen molar-refractivity contribution >= 4 is 23.3 Å². The van der Waals surface area contributed by atoms with Crippen LogP contribution in [0.3, 0.4) is 0 Å². The maximum Gasteiger partial charge on any atom is 0.246 e. The predicted molar refractivity (Wildman–Crippen MR) is 69.9 cm³/mol. The fourth-order valence-electron chi connectivity index (χ4n) is 1.85. The number of thiophene rings is 1. The maximum absolute atomic E-state index is 11.7. The molecule has 0 saturated carbocycles. The van der Waals surface area contributed by atoms with Crippen molar-refractivity contribution in [3.63, 3.8) is 0 Å². The summed E-state index contributed by atoms with van der Waals surface area (Å²) in [7, 11) is 0. The van der Waals surface area contributed by atoms with Crippen LogP contribution in [-0.2, 0) is 4.79 Å². The highest BCUT2D eigenvalue weighted by atomic mass is 32.1. The number of hydrogen-bond donors (Lipinski definition) is 1. The smallest absolute Gasteiger partial charge is 0.246 e. The van der Waals surface area contributed by atoms with Gasteiger partial charge in [-0.2, -0.15) is 0 Å². The summed E-state index contributed by atoms with van der Waals surface area (Å²) >= 11 is 1.66. The molecule has 1 aromatic heterocycles. The van der Waals surface area contributed by atoms with Crippen LogP contribution in [-0.4, -0.2) is 34.6 Å². The van der Waals surface area contributed by atoms with E-state index in [4.69, 9.17) is 0 Å². The Balaban J connectivity index is 1.89. The van der Waals surface area contributed by atoms with Gasteiger partial charge in [-0.1, -0.05) is 6.92 Å². The van der Waals surface area contributed by atoms with Gasteiger partial charge in [0.1, 0.15) is 0 Å². The number of carbonyl (C=O) groups excluding carboxylic acids is 1. The molecule has 1 aliphatic rings. The van der Waals surface area contributed by atoms with E-state index >= 15 is 0 Å². The largest absolute Gasteiger partial charge is 0.386 e. The zero-order chi connectivity index (χ0) is 12.5. The summed E-state index contributed by atoms with van der Waals surface area (Å²) in [5, 5.41) is 9.81. The van der Waals surface area contributed by atoms with Gasteiger partial charge in [0.25, 0.3) is 0 Å². The van der Waals surface area contributed by atoms with Crippen molar-refractivity contribution in [2.75, 3.05) is 13.1 Å². The van der Waals surface area contributed by atoms with E-state index in [0.29, 0.717) is 19.5 Å². The third-order valence-electron chi connectivity index (χ3n) is 3.09. The Kier molecular flexibility index (Phi) is 3.35. The SMILES string of the molecule is CCC1(O)CN(C(=O)C=Cc2ccc(C)s2)C1. The monoisotopic (exact) mass is 251 g/mol. The lowest BCUT2D eigenvalue weighted by Crippen LogP contribution is -2.62. The van der Waals surface area contributed by atoms with E-state index < -0.39 is 5.60 Å². The molecule has 1 N–H and O–H groups in total. The van der Waals surface area contributed by atoms with E-state index in [2.05, 4.69) is 0 Å². The summed E-state index contributed by atoms with van der Waals surface area (Å²) in [6.07, 6.45) is 4.12. The third kappa shape index (κ3) is 2.76. The zero-order valence-electron chi connectivity index (χ0n) is 10.1. The number of rotatable bonds is 3. The van der Waals surface area contributed by atoms with Crippen molar-refractivity contribution in [2.45, 2.75) is 25.9 Å². The first kappa shape index (κ1) is 12.3. The van der Waals surface area contributed by atoms with E-state index in [1.165, 1.54) is 4.88 Å². The van der Waals surface area contributed by atoms with Gasteiger partial charge in [-0.25, -0.2) is 0 Å². The van der Waals surface area contributed by atoms with Gasteiger partial charge in [0.2, 0.25) is 5.91 Å². The number of carbonyl (C=O) groups is 1. The van der Waals surface area contributed by atoms with Gasteiger partial charge in [0, 0.05) is 15.8 Å². The number of nitrogens with zero attached hydrogens (tertiary/aromatic N) is 1. The minimum Gasteiger partial charge on any atom is -0.386 e. The van der Waals surface area contributed by atoms with Crippen LogP contribution in [0.25, 0.3) is 6.08 Å². The summed E-state index contributed by atoms with van der Waals surface area (Å²) in [6, 6.07) is 4.04. The number of likely N-dealkylation sites (tertiary alicyclic amines) is 1. The minimum absolute atomic E-state index is 0.0193. The van der Waals surface area contributed by atoms with Crippen LogP contribution >= 0.6 is 11.3 Å². The van der Waals surface area contributed by atoms with E-state index in [1.807, 2.05) is 32.1 Å². The average molecular weight is 251 g/mol. The number of amides is 1. The summed E-state index contributed by atoms with van der Waals surface area (Å²) in [6.45, 7) is 4.89. The summed E-state index contributed by atoms with van der Waals surface area (Å²) in [4.78, 5) is 15.7. The Hall–Kier alpha value is -1.13. The van der Waals surface area contributed by atoms with Gasteiger partial charge in [-0.05, 0) is 31.6 Å². The lowest BCUT2D eigenvalue weighted by atomic mass is 9.91.